The van der Waals surface area contributed by atoms with Crippen LogP contribution in [0, 0.1) is 6.92 Å². The van der Waals surface area contributed by atoms with Crippen LogP contribution >= 0.6 is 0 Å². The maximum Gasteiger partial charge on any atom is 0.238 e. The Morgan fingerprint density at radius 1 is 1.50 bits per heavy atom. The van der Waals surface area contributed by atoms with Crippen molar-refractivity contribution >= 4 is 11.6 Å². The Bertz CT molecular complexity index is 337. The maximum atomic E-state index is 11.2. The second-order valence-corrected chi connectivity index (χ2v) is 3.08. The lowest BCUT2D eigenvalue weighted by molar-refractivity contribution is -0.115. The molecule has 4 heteroatoms. The highest BCUT2D eigenvalue weighted by Gasteiger charge is 2.02. The second-order valence-electron chi connectivity index (χ2n) is 3.08. The molecule has 0 spiro atoms. The molecule has 0 radical (unpaired) electrons. The van der Waals surface area contributed by atoms with E-state index in [4.69, 9.17) is 0 Å². The van der Waals surface area contributed by atoms with Crippen molar-refractivity contribution in [3.8, 4) is 5.75 Å². The van der Waals surface area contributed by atoms with E-state index in [2.05, 4.69) is 10.6 Å². The molecule has 14 heavy (non-hydrogen) atoms. The zero-order valence-corrected chi connectivity index (χ0v) is 8.29. The van der Waals surface area contributed by atoms with Crippen molar-refractivity contribution < 1.29 is 9.90 Å². The van der Waals surface area contributed by atoms with Crippen LogP contribution in [0.5, 0.6) is 5.75 Å². The molecule has 76 valence electrons. The molecular weight excluding hydrogens is 180 g/mol. The average molecular weight is 194 g/mol. The smallest absolute Gasteiger partial charge is 0.238 e. The van der Waals surface area contributed by atoms with Crippen LogP contribution in [0.1, 0.15) is 5.56 Å². The number of carbonyl (C=O) groups excluding carboxylic acids is 1. The lowest BCUT2D eigenvalue weighted by atomic mass is 10.2. The zero-order valence-electron chi connectivity index (χ0n) is 8.29. The molecule has 0 bridgehead atoms. The fraction of sp³-hybridized carbons (Fsp3) is 0.300. The Morgan fingerprint density at radius 2 is 2.21 bits per heavy atom. The van der Waals surface area contributed by atoms with Crippen LogP contribution in [0.4, 0.5) is 5.69 Å². The molecule has 3 N–H and O–H groups in total. The number of aromatic hydroxyl groups is 1. The lowest BCUT2D eigenvalue weighted by Gasteiger charge is -2.06. The second kappa shape index (κ2) is 4.62. The van der Waals surface area contributed by atoms with Gasteiger partial charge >= 0.3 is 0 Å². The molecule has 0 saturated heterocycles. The normalized spacial score (nSPS) is 9.86. The van der Waals surface area contributed by atoms with Crippen LogP contribution in [0.15, 0.2) is 18.2 Å². The summed E-state index contributed by atoms with van der Waals surface area (Å²) in [5.74, 6) is 0.134. The molecule has 0 atom stereocenters. The highest BCUT2D eigenvalue weighted by Crippen LogP contribution is 2.19. The number of rotatable bonds is 3. The first kappa shape index (κ1) is 10.5. The van der Waals surface area contributed by atoms with Crippen molar-refractivity contribution in [2.45, 2.75) is 6.92 Å². The highest BCUT2D eigenvalue weighted by atomic mass is 16.3. The topological polar surface area (TPSA) is 61.4 Å². The molecule has 0 saturated carbocycles. The van der Waals surface area contributed by atoms with Crippen molar-refractivity contribution in [3.05, 3.63) is 23.8 Å². The van der Waals surface area contributed by atoms with E-state index in [1.165, 1.54) is 0 Å². The SMILES string of the molecule is CNCC(=O)Nc1ccc(O)c(C)c1. The first-order valence-corrected chi connectivity index (χ1v) is 4.37. The van der Waals surface area contributed by atoms with Crippen molar-refractivity contribution in [1.29, 1.82) is 0 Å². The van der Waals surface area contributed by atoms with Gasteiger partial charge in [-0.25, -0.2) is 0 Å². The van der Waals surface area contributed by atoms with Gasteiger partial charge < -0.3 is 15.7 Å². The quantitative estimate of drug-likeness (QED) is 0.625. The largest absolute Gasteiger partial charge is 0.508 e. The van der Waals surface area contributed by atoms with Gasteiger partial charge in [-0.2, -0.15) is 0 Å². The molecular formula is C10H14N2O2. The Kier molecular flexibility index (Phi) is 3.48. The average Bonchev–Trinajstić information content (AvgIpc) is 2.12. The number of phenolic OH excluding ortho intramolecular Hbond substituents is 1. The van der Waals surface area contributed by atoms with E-state index in [0.717, 1.165) is 5.56 Å². The van der Waals surface area contributed by atoms with E-state index in [-0.39, 0.29) is 18.2 Å². The Hall–Kier alpha value is -1.55. The van der Waals surface area contributed by atoms with E-state index >= 15 is 0 Å². The minimum absolute atomic E-state index is 0.0995. The van der Waals surface area contributed by atoms with E-state index < -0.39 is 0 Å². The number of benzene rings is 1. The molecule has 0 aliphatic rings. The van der Waals surface area contributed by atoms with E-state index in [0.29, 0.717) is 5.69 Å². The van der Waals surface area contributed by atoms with Gasteiger partial charge in [0.05, 0.1) is 6.54 Å². The van der Waals surface area contributed by atoms with Gasteiger partial charge in [0, 0.05) is 5.69 Å². The summed E-state index contributed by atoms with van der Waals surface area (Å²) in [4.78, 5) is 11.2. The van der Waals surface area contributed by atoms with Crippen LogP contribution in [0.3, 0.4) is 0 Å². The monoisotopic (exact) mass is 194 g/mol. The fourth-order valence-electron chi connectivity index (χ4n) is 1.10. The predicted molar refractivity (Wildman–Crippen MR) is 55.4 cm³/mol. The molecule has 0 aromatic heterocycles. The summed E-state index contributed by atoms with van der Waals surface area (Å²) in [6.07, 6.45) is 0. The van der Waals surface area contributed by atoms with Gasteiger partial charge in [-0.3, -0.25) is 4.79 Å². The molecule has 1 aromatic rings. The standard InChI is InChI=1S/C10H14N2O2/c1-7-5-8(3-4-9(7)13)12-10(14)6-11-2/h3-5,11,13H,6H2,1-2H3,(H,12,14). The molecule has 0 fully saturated rings. The first-order valence-electron chi connectivity index (χ1n) is 4.37. The molecule has 4 nitrogen and oxygen atoms in total. The number of likely N-dealkylation sites (N-methyl/N-ethyl adjacent to an activating group) is 1. The third-order valence-corrected chi connectivity index (χ3v) is 1.82. The molecule has 0 aliphatic heterocycles. The van der Waals surface area contributed by atoms with Crippen molar-refractivity contribution in [2.75, 3.05) is 18.9 Å². The number of aryl methyl sites for hydroxylation is 1. The molecule has 1 amide bonds. The van der Waals surface area contributed by atoms with Gasteiger partial charge in [0.15, 0.2) is 0 Å². The number of nitrogens with one attached hydrogen (secondary N) is 2. The summed E-state index contributed by atoms with van der Waals surface area (Å²) < 4.78 is 0. The number of phenols is 1. The first-order chi connectivity index (χ1) is 6.63. The maximum absolute atomic E-state index is 11.2. The molecule has 1 aromatic carbocycles. The Labute approximate surface area is 82.9 Å². The number of hydrogen-bond acceptors (Lipinski definition) is 3. The summed E-state index contributed by atoms with van der Waals surface area (Å²) in [5.41, 5.74) is 1.44. The molecule has 1 rings (SSSR count). The van der Waals surface area contributed by atoms with Crippen LogP contribution < -0.4 is 10.6 Å². The van der Waals surface area contributed by atoms with Gasteiger partial charge in [0.25, 0.3) is 0 Å². The van der Waals surface area contributed by atoms with Crippen LogP contribution in [-0.2, 0) is 4.79 Å². The van der Waals surface area contributed by atoms with Crippen molar-refractivity contribution in [2.24, 2.45) is 0 Å². The predicted octanol–water partition coefficient (Wildman–Crippen LogP) is 0.859. The number of hydrogen-bond donors (Lipinski definition) is 3. The summed E-state index contributed by atoms with van der Waals surface area (Å²) >= 11 is 0. The van der Waals surface area contributed by atoms with Gasteiger partial charge in [-0.05, 0) is 37.7 Å². The van der Waals surface area contributed by atoms with Gasteiger partial charge in [-0.1, -0.05) is 0 Å². The van der Waals surface area contributed by atoms with Crippen LogP contribution in [0.25, 0.3) is 0 Å². The summed E-state index contributed by atoms with van der Waals surface area (Å²) in [7, 11) is 1.71. The zero-order chi connectivity index (χ0) is 10.6. The van der Waals surface area contributed by atoms with Gasteiger partial charge in [0.2, 0.25) is 5.91 Å². The number of anilines is 1. The Balaban J connectivity index is 2.68. The van der Waals surface area contributed by atoms with Crippen LogP contribution in [0.2, 0.25) is 0 Å². The lowest BCUT2D eigenvalue weighted by Crippen LogP contribution is -2.25. The van der Waals surface area contributed by atoms with Crippen LogP contribution in [-0.4, -0.2) is 24.6 Å². The van der Waals surface area contributed by atoms with Gasteiger partial charge in [0.1, 0.15) is 5.75 Å². The van der Waals surface area contributed by atoms with Crippen molar-refractivity contribution in [3.63, 3.8) is 0 Å². The Morgan fingerprint density at radius 3 is 2.79 bits per heavy atom. The molecule has 0 heterocycles. The summed E-state index contributed by atoms with van der Waals surface area (Å²) in [5, 5.41) is 14.7. The number of carbonyl (C=O) groups is 1. The third kappa shape index (κ3) is 2.74. The third-order valence-electron chi connectivity index (χ3n) is 1.82. The number of amides is 1. The summed E-state index contributed by atoms with van der Waals surface area (Å²) in [6, 6.07) is 4.95. The highest BCUT2D eigenvalue weighted by molar-refractivity contribution is 5.92. The molecule has 0 unspecified atom stereocenters. The molecule has 0 aliphatic carbocycles. The minimum Gasteiger partial charge on any atom is -0.508 e. The van der Waals surface area contributed by atoms with Gasteiger partial charge in [-0.15, -0.1) is 0 Å². The summed E-state index contributed by atoms with van der Waals surface area (Å²) in [6.45, 7) is 2.06. The van der Waals surface area contributed by atoms with E-state index in [9.17, 15) is 9.90 Å². The van der Waals surface area contributed by atoms with E-state index in [1.54, 1.807) is 32.2 Å². The fourth-order valence-corrected chi connectivity index (χ4v) is 1.10. The van der Waals surface area contributed by atoms with E-state index in [1.807, 2.05) is 0 Å². The van der Waals surface area contributed by atoms with Crippen molar-refractivity contribution in [1.82, 2.24) is 5.32 Å². The minimum atomic E-state index is -0.0995.